The summed E-state index contributed by atoms with van der Waals surface area (Å²) in [4.78, 5) is 11.9. The van der Waals surface area contributed by atoms with E-state index < -0.39 is 0 Å². The number of hydrogen-bond acceptors (Lipinski definition) is 4. The van der Waals surface area contributed by atoms with E-state index >= 15 is 0 Å². The molecule has 1 aromatic carbocycles. The van der Waals surface area contributed by atoms with Gasteiger partial charge in [-0.1, -0.05) is 30.3 Å². The summed E-state index contributed by atoms with van der Waals surface area (Å²) < 4.78 is 5.87. The zero-order chi connectivity index (χ0) is 15.1. The molecule has 0 spiro atoms. The fourth-order valence-electron chi connectivity index (χ4n) is 1.52. The number of carbonyl (C=O) groups excluding carboxylic acids is 1. The third kappa shape index (κ3) is 5.40. The number of halogens is 1. The molecule has 0 aliphatic carbocycles. The van der Waals surface area contributed by atoms with Crippen molar-refractivity contribution >= 4 is 39.8 Å². The largest absolute Gasteiger partial charge is 0.448 e. The van der Waals surface area contributed by atoms with E-state index in [0.717, 1.165) is 5.75 Å². The molecule has 2 aromatic rings. The van der Waals surface area contributed by atoms with Gasteiger partial charge in [-0.15, -0.1) is 11.8 Å². The van der Waals surface area contributed by atoms with Gasteiger partial charge in [-0.05, 0) is 40.5 Å². The Labute approximate surface area is 136 Å². The van der Waals surface area contributed by atoms with Gasteiger partial charge in [0.25, 0.3) is 5.91 Å². The summed E-state index contributed by atoms with van der Waals surface area (Å²) in [5, 5.41) is 3.70. The molecule has 1 N–H and O–H groups in total. The van der Waals surface area contributed by atoms with Gasteiger partial charge in [0.15, 0.2) is 4.67 Å². The molecular weight excluding hydrogens is 352 g/mol. The van der Waals surface area contributed by atoms with Crippen LogP contribution in [0.4, 0.5) is 0 Å². The molecule has 1 heterocycles. The lowest BCUT2D eigenvalue weighted by atomic mass is 10.2. The standard InChI is InChI=1S/C15H15BrN2O2S/c1-11(21-10-12-5-3-2-4-6-12)15(19)18-17-9-13-7-8-14(16)20-13/h2-9,11H,10H2,1H3,(H,18,19)/b17-9-/t11-/m0/s1. The molecule has 0 saturated carbocycles. The van der Waals surface area contributed by atoms with E-state index in [4.69, 9.17) is 4.42 Å². The average Bonchev–Trinajstić information content (AvgIpc) is 2.91. The van der Waals surface area contributed by atoms with Crippen molar-refractivity contribution < 1.29 is 9.21 Å². The van der Waals surface area contributed by atoms with Crippen molar-refractivity contribution in [1.82, 2.24) is 5.43 Å². The number of benzene rings is 1. The number of furan rings is 1. The summed E-state index contributed by atoms with van der Waals surface area (Å²) >= 11 is 4.77. The quantitative estimate of drug-likeness (QED) is 0.624. The second-order valence-electron chi connectivity index (χ2n) is 4.31. The van der Waals surface area contributed by atoms with Crippen LogP contribution in [0.25, 0.3) is 0 Å². The first kappa shape index (κ1) is 15.9. The van der Waals surface area contributed by atoms with Crippen LogP contribution in [0.2, 0.25) is 0 Å². The van der Waals surface area contributed by atoms with Crippen LogP contribution in [0, 0.1) is 0 Å². The lowest BCUT2D eigenvalue weighted by Crippen LogP contribution is -2.26. The van der Waals surface area contributed by atoms with Gasteiger partial charge >= 0.3 is 0 Å². The van der Waals surface area contributed by atoms with Gasteiger partial charge in [0.2, 0.25) is 0 Å². The van der Waals surface area contributed by atoms with E-state index in [1.165, 1.54) is 11.8 Å². The number of carbonyl (C=O) groups is 1. The van der Waals surface area contributed by atoms with Crippen LogP contribution < -0.4 is 5.43 Å². The number of nitrogens with one attached hydrogen (secondary N) is 1. The molecule has 1 atom stereocenters. The molecule has 0 fully saturated rings. The smallest absolute Gasteiger partial charge is 0.252 e. The number of thioether (sulfide) groups is 1. The molecule has 0 radical (unpaired) electrons. The molecule has 0 aliphatic heterocycles. The van der Waals surface area contributed by atoms with Gasteiger partial charge in [0, 0.05) is 5.75 Å². The molecule has 110 valence electrons. The first-order chi connectivity index (χ1) is 10.1. The minimum absolute atomic E-state index is 0.127. The fourth-order valence-corrected chi connectivity index (χ4v) is 2.68. The summed E-state index contributed by atoms with van der Waals surface area (Å²) in [6.45, 7) is 1.86. The van der Waals surface area contributed by atoms with Crippen LogP contribution >= 0.6 is 27.7 Å². The lowest BCUT2D eigenvalue weighted by Gasteiger charge is -2.09. The zero-order valence-corrected chi connectivity index (χ0v) is 13.9. The Balaban J connectivity index is 1.76. The summed E-state index contributed by atoms with van der Waals surface area (Å²) in [7, 11) is 0. The number of hydrazone groups is 1. The lowest BCUT2D eigenvalue weighted by molar-refractivity contribution is -0.120. The molecule has 0 unspecified atom stereocenters. The SMILES string of the molecule is C[C@H](SCc1ccccc1)C(=O)N/N=C\c1ccc(Br)o1. The summed E-state index contributed by atoms with van der Waals surface area (Å²) in [6.07, 6.45) is 1.47. The highest BCUT2D eigenvalue weighted by Gasteiger charge is 2.12. The van der Waals surface area contributed by atoms with E-state index in [2.05, 4.69) is 26.5 Å². The Hall–Kier alpha value is -1.53. The molecule has 0 bridgehead atoms. The van der Waals surface area contributed by atoms with Gasteiger partial charge in [-0.25, -0.2) is 5.43 Å². The van der Waals surface area contributed by atoms with Crippen LogP contribution in [-0.4, -0.2) is 17.4 Å². The third-order valence-electron chi connectivity index (χ3n) is 2.67. The molecule has 21 heavy (non-hydrogen) atoms. The Morgan fingerprint density at radius 2 is 2.14 bits per heavy atom. The maximum atomic E-state index is 11.9. The van der Waals surface area contributed by atoms with Crippen molar-refractivity contribution in [3.63, 3.8) is 0 Å². The van der Waals surface area contributed by atoms with Crippen molar-refractivity contribution in [3.05, 3.63) is 58.5 Å². The Kier molecular flexibility index (Phi) is 6.07. The van der Waals surface area contributed by atoms with Crippen molar-refractivity contribution in [2.75, 3.05) is 0 Å². The number of hydrogen-bond donors (Lipinski definition) is 1. The maximum absolute atomic E-state index is 11.9. The molecule has 0 aliphatic rings. The van der Waals surface area contributed by atoms with E-state index in [0.29, 0.717) is 10.4 Å². The van der Waals surface area contributed by atoms with Gasteiger partial charge in [0.05, 0.1) is 11.5 Å². The fraction of sp³-hybridized carbons (Fsp3) is 0.200. The van der Waals surface area contributed by atoms with Gasteiger partial charge < -0.3 is 4.42 Å². The van der Waals surface area contributed by atoms with Crippen LogP contribution in [0.1, 0.15) is 18.2 Å². The minimum Gasteiger partial charge on any atom is -0.448 e. The van der Waals surface area contributed by atoms with Crippen molar-refractivity contribution in [3.8, 4) is 0 Å². The number of amides is 1. The first-order valence-electron chi connectivity index (χ1n) is 6.39. The highest BCUT2D eigenvalue weighted by atomic mass is 79.9. The molecule has 4 nitrogen and oxygen atoms in total. The second-order valence-corrected chi connectivity index (χ2v) is 6.43. The normalized spacial score (nSPS) is 12.5. The molecule has 6 heteroatoms. The predicted molar refractivity (Wildman–Crippen MR) is 89.3 cm³/mol. The van der Waals surface area contributed by atoms with Gasteiger partial charge in [-0.3, -0.25) is 4.79 Å². The monoisotopic (exact) mass is 366 g/mol. The van der Waals surface area contributed by atoms with Crippen LogP contribution in [0.3, 0.4) is 0 Å². The number of nitrogens with zero attached hydrogens (tertiary/aromatic N) is 1. The highest BCUT2D eigenvalue weighted by Crippen LogP contribution is 2.17. The van der Waals surface area contributed by atoms with E-state index in [9.17, 15) is 4.79 Å². The minimum atomic E-state index is -0.175. The van der Waals surface area contributed by atoms with Gasteiger partial charge in [-0.2, -0.15) is 5.10 Å². The molecule has 1 amide bonds. The zero-order valence-electron chi connectivity index (χ0n) is 11.5. The summed E-state index contributed by atoms with van der Waals surface area (Å²) in [5.41, 5.74) is 3.71. The second kappa shape index (κ2) is 8.05. The van der Waals surface area contributed by atoms with E-state index in [-0.39, 0.29) is 11.2 Å². The van der Waals surface area contributed by atoms with E-state index in [1.807, 2.05) is 37.3 Å². The molecule has 2 rings (SSSR count). The predicted octanol–water partition coefficient (Wildman–Crippen LogP) is 3.81. The summed E-state index contributed by atoms with van der Waals surface area (Å²) in [5.74, 6) is 1.24. The van der Waals surface area contributed by atoms with Crippen LogP contribution in [0.15, 0.2) is 56.7 Å². The average molecular weight is 367 g/mol. The van der Waals surface area contributed by atoms with Crippen molar-refractivity contribution in [2.24, 2.45) is 5.10 Å². The molecule has 0 saturated heterocycles. The third-order valence-corrected chi connectivity index (χ3v) is 4.31. The van der Waals surface area contributed by atoms with Gasteiger partial charge in [0.1, 0.15) is 5.76 Å². The van der Waals surface area contributed by atoms with Crippen LogP contribution in [0.5, 0.6) is 0 Å². The molecule has 1 aromatic heterocycles. The van der Waals surface area contributed by atoms with Crippen molar-refractivity contribution in [2.45, 2.75) is 17.9 Å². The number of rotatable bonds is 6. The summed E-state index contributed by atoms with van der Waals surface area (Å²) in [6, 6.07) is 13.6. The Bertz CT molecular complexity index is 613. The van der Waals surface area contributed by atoms with Crippen LogP contribution in [-0.2, 0) is 10.5 Å². The maximum Gasteiger partial charge on any atom is 0.252 e. The first-order valence-corrected chi connectivity index (χ1v) is 8.23. The molecular formula is C15H15BrN2O2S. The Morgan fingerprint density at radius 1 is 1.38 bits per heavy atom. The topological polar surface area (TPSA) is 54.6 Å². The Morgan fingerprint density at radius 3 is 2.81 bits per heavy atom. The highest BCUT2D eigenvalue weighted by molar-refractivity contribution is 9.10. The van der Waals surface area contributed by atoms with Crippen molar-refractivity contribution in [1.29, 1.82) is 0 Å². The van der Waals surface area contributed by atoms with E-state index in [1.54, 1.807) is 23.9 Å².